The van der Waals surface area contributed by atoms with E-state index in [4.69, 9.17) is 0 Å². The minimum atomic E-state index is -3.73. The first kappa shape index (κ1) is 15.5. The van der Waals surface area contributed by atoms with Crippen molar-refractivity contribution in [3.05, 3.63) is 40.7 Å². The number of sulfonamides is 1. The van der Waals surface area contributed by atoms with E-state index in [0.717, 1.165) is 17.8 Å². The van der Waals surface area contributed by atoms with Gasteiger partial charge >= 0.3 is 0 Å². The van der Waals surface area contributed by atoms with E-state index in [-0.39, 0.29) is 10.6 Å². The molecule has 0 saturated carbocycles. The molecule has 0 radical (unpaired) electrons. The van der Waals surface area contributed by atoms with Crippen LogP contribution in [0.5, 0.6) is 0 Å². The lowest BCUT2D eigenvalue weighted by atomic mass is 10.3. The molecule has 21 heavy (non-hydrogen) atoms. The summed E-state index contributed by atoms with van der Waals surface area (Å²) in [5.41, 5.74) is -0.278. The molecule has 1 aromatic heterocycles. The number of benzene rings is 1. The number of hydrogen-bond acceptors (Lipinski definition) is 6. The van der Waals surface area contributed by atoms with Crippen molar-refractivity contribution in [2.24, 2.45) is 7.05 Å². The van der Waals surface area contributed by atoms with Crippen LogP contribution in [0.3, 0.4) is 0 Å². The van der Waals surface area contributed by atoms with Crippen molar-refractivity contribution < 1.29 is 13.3 Å². The molecule has 2 aromatic rings. The van der Waals surface area contributed by atoms with Gasteiger partial charge in [0.1, 0.15) is 0 Å². The van der Waals surface area contributed by atoms with E-state index >= 15 is 0 Å². The predicted octanol–water partition coefficient (Wildman–Crippen LogP) is 1.39. The van der Waals surface area contributed by atoms with Gasteiger partial charge < -0.3 is 4.57 Å². The van der Waals surface area contributed by atoms with Crippen LogP contribution < -0.4 is 4.72 Å². The molecular weight excluding hydrogens is 316 g/mol. The summed E-state index contributed by atoms with van der Waals surface area (Å²) in [6, 6.07) is 3.77. The fourth-order valence-corrected chi connectivity index (χ4v) is 3.20. The van der Waals surface area contributed by atoms with Gasteiger partial charge in [-0.3, -0.25) is 10.1 Å². The van der Waals surface area contributed by atoms with E-state index in [0.29, 0.717) is 10.1 Å². The van der Waals surface area contributed by atoms with Crippen LogP contribution in [0.15, 0.2) is 45.5 Å². The number of nitro groups is 1. The Morgan fingerprint density at radius 3 is 2.67 bits per heavy atom. The molecule has 0 saturated heterocycles. The van der Waals surface area contributed by atoms with Gasteiger partial charge in [0.15, 0.2) is 5.16 Å². The highest BCUT2D eigenvalue weighted by Crippen LogP contribution is 2.35. The molecule has 1 heterocycles. The molecule has 0 amide bonds. The monoisotopic (exact) mass is 328 g/mol. The Morgan fingerprint density at radius 2 is 2.14 bits per heavy atom. The summed E-state index contributed by atoms with van der Waals surface area (Å²) >= 11 is 1.10. The van der Waals surface area contributed by atoms with Crippen molar-refractivity contribution in [2.75, 3.05) is 7.05 Å². The van der Waals surface area contributed by atoms with Crippen molar-refractivity contribution >= 4 is 27.5 Å². The molecule has 8 nitrogen and oxygen atoms in total. The van der Waals surface area contributed by atoms with Crippen LogP contribution in [-0.4, -0.2) is 29.9 Å². The van der Waals surface area contributed by atoms with Crippen molar-refractivity contribution in [3.63, 3.8) is 0 Å². The molecule has 2 rings (SSSR count). The van der Waals surface area contributed by atoms with Crippen LogP contribution >= 0.6 is 11.8 Å². The minimum Gasteiger partial charge on any atom is -0.329 e. The molecule has 0 aliphatic heterocycles. The lowest BCUT2D eigenvalue weighted by Gasteiger charge is -2.06. The van der Waals surface area contributed by atoms with Gasteiger partial charge in [0.25, 0.3) is 5.69 Å². The third kappa shape index (κ3) is 3.23. The first-order valence-corrected chi connectivity index (χ1v) is 8.02. The maximum absolute atomic E-state index is 11.7. The van der Waals surface area contributed by atoms with Crippen molar-refractivity contribution in [1.29, 1.82) is 0 Å². The van der Waals surface area contributed by atoms with E-state index in [1.165, 1.54) is 19.2 Å². The van der Waals surface area contributed by atoms with Gasteiger partial charge in [0.2, 0.25) is 10.0 Å². The molecule has 0 atom stereocenters. The Bertz CT molecular complexity index is 785. The molecule has 1 aromatic carbocycles. The van der Waals surface area contributed by atoms with Gasteiger partial charge in [-0.15, -0.1) is 0 Å². The zero-order chi connectivity index (χ0) is 15.6. The highest BCUT2D eigenvalue weighted by Gasteiger charge is 2.21. The van der Waals surface area contributed by atoms with E-state index in [2.05, 4.69) is 9.71 Å². The summed E-state index contributed by atoms with van der Waals surface area (Å²) in [4.78, 5) is 14.8. The molecule has 0 aliphatic rings. The third-order valence-corrected chi connectivity index (χ3v) is 5.24. The van der Waals surface area contributed by atoms with Crippen LogP contribution in [0.4, 0.5) is 5.69 Å². The molecule has 112 valence electrons. The van der Waals surface area contributed by atoms with Gasteiger partial charge in [0.05, 0.1) is 14.7 Å². The third-order valence-electron chi connectivity index (χ3n) is 2.68. The van der Waals surface area contributed by atoms with Gasteiger partial charge in [0, 0.05) is 25.5 Å². The standard InChI is InChI=1S/C11H12N4O4S2/c1-12-21(18,19)8-3-4-10(9(7-8)15(16)17)20-11-13-5-6-14(11)2/h3-7,12H,1-2H3. The zero-order valence-electron chi connectivity index (χ0n) is 11.2. The maximum Gasteiger partial charge on any atom is 0.284 e. The average molecular weight is 328 g/mol. The number of aryl methyl sites for hydroxylation is 1. The second kappa shape index (κ2) is 5.84. The minimum absolute atomic E-state index is 0.152. The smallest absolute Gasteiger partial charge is 0.284 e. The molecule has 0 aliphatic carbocycles. The normalized spacial score (nSPS) is 11.5. The molecular formula is C11H12N4O4S2. The summed E-state index contributed by atoms with van der Waals surface area (Å²) in [6.45, 7) is 0. The number of nitrogens with zero attached hydrogens (tertiary/aromatic N) is 3. The van der Waals surface area contributed by atoms with E-state index in [1.54, 1.807) is 24.0 Å². The Balaban J connectivity index is 2.48. The predicted molar refractivity (Wildman–Crippen MR) is 76.7 cm³/mol. The van der Waals surface area contributed by atoms with Gasteiger partial charge in [-0.1, -0.05) is 0 Å². The second-order valence-electron chi connectivity index (χ2n) is 4.02. The van der Waals surface area contributed by atoms with Crippen LogP contribution in [-0.2, 0) is 17.1 Å². The summed E-state index contributed by atoms with van der Waals surface area (Å²) in [5.74, 6) is 0. The van der Waals surface area contributed by atoms with E-state index < -0.39 is 14.9 Å². The van der Waals surface area contributed by atoms with Crippen LogP contribution in [0.2, 0.25) is 0 Å². The number of imidazole rings is 1. The molecule has 10 heteroatoms. The highest BCUT2D eigenvalue weighted by molar-refractivity contribution is 7.99. The van der Waals surface area contributed by atoms with E-state index in [9.17, 15) is 18.5 Å². The first-order chi connectivity index (χ1) is 9.85. The van der Waals surface area contributed by atoms with Gasteiger partial charge in [-0.2, -0.15) is 0 Å². The van der Waals surface area contributed by atoms with Crippen LogP contribution in [0.1, 0.15) is 0 Å². The van der Waals surface area contributed by atoms with Gasteiger partial charge in [-0.05, 0) is 30.9 Å². The lowest BCUT2D eigenvalue weighted by Crippen LogP contribution is -2.18. The van der Waals surface area contributed by atoms with Gasteiger partial charge in [-0.25, -0.2) is 18.1 Å². The maximum atomic E-state index is 11.7. The Kier molecular flexibility index (Phi) is 4.30. The highest BCUT2D eigenvalue weighted by atomic mass is 32.2. The van der Waals surface area contributed by atoms with Crippen molar-refractivity contribution in [1.82, 2.24) is 14.3 Å². The fraction of sp³-hybridized carbons (Fsp3) is 0.182. The summed E-state index contributed by atoms with van der Waals surface area (Å²) < 4.78 is 27.2. The SMILES string of the molecule is CNS(=O)(=O)c1ccc(Sc2nccn2C)c([N+](=O)[O-])c1. The molecule has 1 N–H and O–H groups in total. The Labute approximate surface area is 125 Å². The number of nitro benzene ring substituents is 1. The lowest BCUT2D eigenvalue weighted by molar-refractivity contribution is -0.388. The Morgan fingerprint density at radius 1 is 1.43 bits per heavy atom. The topological polar surface area (TPSA) is 107 Å². The van der Waals surface area contributed by atoms with Crippen LogP contribution in [0, 0.1) is 10.1 Å². The molecule has 0 unspecified atom stereocenters. The molecule has 0 bridgehead atoms. The molecule has 0 spiro atoms. The number of aromatic nitrogens is 2. The molecule has 0 fully saturated rings. The first-order valence-electron chi connectivity index (χ1n) is 5.72. The van der Waals surface area contributed by atoms with Crippen molar-refractivity contribution in [3.8, 4) is 0 Å². The zero-order valence-corrected chi connectivity index (χ0v) is 12.8. The number of nitrogens with one attached hydrogen (secondary N) is 1. The van der Waals surface area contributed by atoms with E-state index in [1.807, 2.05) is 0 Å². The number of hydrogen-bond donors (Lipinski definition) is 1. The van der Waals surface area contributed by atoms with Crippen LogP contribution in [0.25, 0.3) is 0 Å². The summed E-state index contributed by atoms with van der Waals surface area (Å²) in [7, 11) is -0.713. The summed E-state index contributed by atoms with van der Waals surface area (Å²) in [5, 5.41) is 11.7. The summed E-state index contributed by atoms with van der Waals surface area (Å²) in [6.07, 6.45) is 3.29. The fourth-order valence-electron chi connectivity index (χ4n) is 1.56. The average Bonchev–Trinajstić information content (AvgIpc) is 2.84. The Hall–Kier alpha value is -1.91. The van der Waals surface area contributed by atoms with Crippen molar-refractivity contribution in [2.45, 2.75) is 14.9 Å². The number of rotatable bonds is 5. The largest absolute Gasteiger partial charge is 0.329 e. The quantitative estimate of drug-likeness (QED) is 0.656. The second-order valence-corrected chi connectivity index (χ2v) is 6.91.